The second-order valence-electron chi connectivity index (χ2n) is 6.34. The first-order valence-electron chi connectivity index (χ1n) is 8.91. The molecule has 0 radical (unpaired) electrons. The fraction of sp³-hybridized carbons (Fsp3) is 0.150. The van der Waals surface area contributed by atoms with Gasteiger partial charge in [0.05, 0.1) is 17.9 Å². The molecule has 2 N–H and O–H groups in total. The molecule has 8 nitrogen and oxygen atoms in total. The molecule has 0 spiro atoms. The number of nitrogens with zero attached hydrogens (tertiary/aromatic N) is 6. The maximum absolute atomic E-state index is 9.54. The third-order valence-electron chi connectivity index (χ3n) is 4.54. The summed E-state index contributed by atoms with van der Waals surface area (Å²) in [5.41, 5.74) is 3.60. The molecule has 0 aliphatic carbocycles. The van der Waals surface area contributed by atoms with Gasteiger partial charge in [0.2, 0.25) is 0 Å². The lowest BCUT2D eigenvalue weighted by Gasteiger charge is -2.19. The van der Waals surface area contributed by atoms with Crippen LogP contribution < -0.4 is 10.6 Å². The van der Waals surface area contributed by atoms with Crippen molar-refractivity contribution in [3.63, 3.8) is 0 Å². The molecule has 3 aromatic heterocycles. The van der Waals surface area contributed by atoms with Gasteiger partial charge in [0.25, 0.3) is 0 Å². The molecule has 0 saturated carbocycles. The second kappa shape index (κ2) is 7.73. The predicted molar refractivity (Wildman–Crippen MR) is 112 cm³/mol. The van der Waals surface area contributed by atoms with E-state index in [1.165, 1.54) is 6.33 Å². The molecular weight excluding hydrogens is 388 g/mol. The van der Waals surface area contributed by atoms with Gasteiger partial charge < -0.3 is 10.6 Å². The summed E-state index contributed by atoms with van der Waals surface area (Å²) >= 11 is 6.23. The minimum atomic E-state index is -0.218. The van der Waals surface area contributed by atoms with Crippen LogP contribution in [-0.2, 0) is 0 Å². The van der Waals surface area contributed by atoms with Crippen molar-refractivity contribution in [2.24, 2.45) is 0 Å². The fourth-order valence-electron chi connectivity index (χ4n) is 3.12. The quantitative estimate of drug-likeness (QED) is 0.519. The van der Waals surface area contributed by atoms with E-state index in [2.05, 4.69) is 31.7 Å². The van der Waals surface area contributed by atoms with Crippen LogP contribution in [0.25, 0.3) is 16.9 Å². The number of rotatable bonds is 5. The van der Waals surface area contributed by atoms with Crippen LogP contribution in [0.2, 0.25) is 5.15 Å². The van der Waals surface area contributed by atoms with Crippen LogP contribution >= 0.6 is 11.6 Å². The van der Waals surface area contributed by atoms with Gasteiger partial charge in [0.1, 0.15) is 29.6 Å². The van der Waals surface area contributed by atoms with Crippen LogP contribution in [0.3, 0.4) is 0 Å². The van der Waals surface area contributed by atoms with Gasteiger partial charge in [-0.15, -0.1) is 0 Å². The van der Waals surface area contributed by atoms with Gasteiger partial charge in [-0.1, -0.05) is 41.9 Å². The Balaban J connectivity index is 1.82. The van der Waals surface area contributed by atoms with E-state index < -0.39 is 0 Å². The number of halogens is 1. The normalized spacial score (nSPS) is 11.8. The molecule has 4 aromatic rings. The van der Waals surface area contributed by atoms with Crippen molar-refractivity contribution in [3.8, 4) is 17.3 Å². The average Bonchev–Trinajstić information content (AvgIpc) is 3.13. The maximum atomic E-state index is 9.54. The van der Waals surface area contributed by atoms with Crippen LogP contribution in [0.1, 0.15) is 24.1 Å². The predicted octanol–water partition coefficient (Wildman–Crippen LogP) is 3.93. The topological polar surface area (TPSA) is 104 Å². The van der Waals surface area contributed by atoms with Crippen molar-refractivity contribution < 1.29 is 0 Å². The van der Waals surface area contributed by atoms with Crippen molar-refractivity contribution in [1.29, 1.82) is 5.26 Å². The summed E-state index contributed by atoms with van der Waals surface area (Å²) in [5, 5.41) is 20.9. The summed E-state index contributed by atoms with van der Waals surface area (Å²) in [6.07, 6.45) is 2.98. The molecular formula is C20H17ClN8. The maximum Gasteiger partial charge on any atom is 0.155 e. The van der Waals surface area contributed by atoms with E-state index in [0.717, 1.165) is 16.8 Å². The smallest absolute Gasteiger partial charge is 0.155 e. The molecule has 4 rings (SSSR count). The first-order valence-corrected chi connectivity index (χ1v) is 9.29. The van der Waals surface area contributed by atoms with Crippen molar-refractivity contribution in [1.82, 2.24) is 24.6 Å². The number of nitrogens with one attached hydrogen (secondary N) is 2. The highest BCUT2D eigenvalue weighted by Gasteiger charge is 2.19. The standard InChI is InChI=1S/C20H17ClN8/c1-12(27-20-15(9-22)19(23-2)25-11-26-20)14-8-17-24-10-16(21)29(17)28-18(14)13-6-4-3-5-7-13/h3-8,10-12H,1-2H3,(H2,23,25,26,27)/t12-/m1/s1. The molecule has 1 atom stereocenters. The summed E-state index contributed by atoms with van der Waals surface area (Å²) in [4.78, 5) is 12.7. The van der Waals surface area contributed by atoms with Crippen molar-refractivity contribution >= 4 is 28.9 Å². The van der Waals surface area contributed by atoms with Gasteiger partial charge in [-0.25, -0.2) is 19.5 Å². The lowest BCUT2D eigenvalue weighted by molar-refractivity contribution is 0.840. The molecule has 1 aromatic carbocycles. The zero-order chi connectivity index (χ0) is 20.4. The lowest BCUT2D eigenvalue weighted by atomic mass is 10.0. The highest BCUT2D eigenvalue weighted by Crippen LogP contribution is 2.31. The Morgan fingerprint density at radius 3 is 2.62 bits per heavy atom. The molecule has 3 heterocycles. The minimum Gasteiger partial charge on any atom is -0.372 e. The van der Waals surface area contributed by atoms with Crippen LogP contribution in [0, 0.1) is 11.3 Å². The number of anilines is 2. The summed E-state index contributed by atoms with van der Waals surface area (Å²) in [6, 6.07) is 13.7. The molecule has 9 heteroatoms. The van der Waals surface area contributed by atoms with E-state index in [4.69, 9.17) is 16.7 Å². The monoisotopic (exact) mass is 404 g/mol. The van der Waals surface area contributed by atoms with E-state index >= 15 is 0 Å². The van der Waals surface area contributed by atoms with Crippen LogP contribution in [0.5, 0.6) is 0 Å². The van der Waals surface area contributed by atoms with E-state index in [1.54, 1.807) is 17.8 Å². The van der Waals surface area contributed by atoms with Crippen molar-refractivity contribution in [2.45, 2.75) is 13.0 Å². The van der Waals surface area contributed by atoms with Gasteiger partial charge in [-0.2, -0.15) is 10.4 Å². The zero-order valence-corrected chi connectivity index (χ0v) is 16.5. The van der Waals surface area contributed by atoms with Gasteiger partial charge in [0, 0.05) is 18.2 Å². The van der Waals surface area contributed by atoms with E-state index in [1.807, 2.05) is 43.3 Å². The Labute approximate surface area is 172 Å². The molecule has 0 bridgehead atoms. The molecule has 0 saturated heterocycles. The van der Waals surface area contributed by atoms with Gasteiger partial charge in [-0.05, 0) is 13.0 Å². The van der Waals surface area contributed by atoms with Crippen LogP contribution in [-0.4, -0.2) is 31.6 Å². The Hall–Kier alpha value is -3.70. The van der Waals surface area contributed by atoms with E-state index in [9.17, 15) is 5.26 Å². The zero-order valence-electron chi connectivity index (χ0n) is 15.8. The Kier molecular flexibility index (Phi) is 4.97. The number of nitriles is 1. The SMILES string of the molecule is CNc1ncnc(N[C@H](C)c2cc3ncc(Cl)n3nc2-c2ccccc2)c1C#N. The van der Waals surface area contributed by atoms with E-state index in [0.29, 0.717) is 28.0 Å². The fourth-order valence-corrected chi connectivity index (χ4v) is 3.30. The molecule has 0 aliphatic heterocycles. The first-order chi connectivity index (χ1) is 14.1. The van der Waals surface area contributed by atoms with Gasteiger partial charge >= 0.3 is 0 Å². The van der Waals surface area contributed by atoms with Crippen molar-refractivity contribution in [2.75, 3.05) is 17.7 Å². The Morgan fingerprint density at radius 2 is 1.90 bits per heavy atom. The summed E-state index contributed by atoms with van der Waals surface area (Å²) in [5.74, 6) is 0.911. The lowest BCUT2D eigenvalue weighted by Crippen LogP contribution is -2.13. The second-order valence-corrected chi connectivity index (χ2v) is 6.73. The van der Waals surface area contributed by atoms with E-state index in [-0.39, 0.29) is 6.04 Å². The number of aromatic nitrogens is 5. The van der Waals surface area contributed by atoms with Crippen molar-refractivity contribution in [3.05, 3.63) is 65.2 Å². The molecule has 0 aliphatic rings. The van der Waals surface area contributed by atoms with Crippen LogP contribution in [0.4, 0.5) is 11.6 Å². The third-order valence-corrected chi connectivity index (χ3v) is 4.80. The number of benzene rings is 1. The Bertz CT molecular complexity index is 1210. The van der Waals surface area contributed by atoms with Gasteiger partial charge in [0.15, 0.2) is 10.8 Å². The summed E-state index contributed by atoms with van der Waals surface area (Å²) in [6.45, 7) is 1.98. The summed E-state index contributed by atoms with van der Waals surface area (Å²) < 4.78 is 1.60. The number of imidazole rings is 1. The molecule has 0 amide bonds. The summed E-state index contributed by atoms with van der Waals surface area (Å²) in [7, 11) is 1.71. The molecule has 0 fully saturated rings. The number of hydrogen-bond donors (Lipinski definition) is 2. The minimum absolute atomic E-state index is 0.218. The molecule has 0 unspecified atom stereocenters. The number of fused-ring (bicyclic) bond motifs is 1. The first kappa shape index (κ1) is 18.7. The largest absolute Gasteiger partial charge is 0.372 e. The highest BCUT2D eigenvalue weighted by molar-refractivity contribution is 6.29. The van der Waals surface area contributed by atoms with Gasteiger partial charge in [-0.3, -0.25) is 0 Å². The Morgan fingerprint density at radius 1 is 1.14 bits per heavy atom. The average molecular weight is 405 g/mol. The molecule has 29 heavy (non-hydrogen) atoms. The molecule has 144 valence electrons. The third kappa shape index (κ3) is 3.44. The number of hydrogen-bond acceptors (Lipinski definition) is 7. The highest BCUT2D eigenvalue weighted by atomic mass is 35.5. The van der Waals surface area contributed by atoms with Crippen LogP contribution in [0.15, 0.2) is 48.9 Å².